The van der Waals surface area contributed by atoms with E-state index in [0.717, 1.165) is 12.0 Å². The molecule has 1 heterocycles. The van der Waals surface area contributed by atoms with Crippen molar-refractivity contribution in [1.82, 2.24) is 10.2 Å². The van der Waals surface area contributed by atoms with Gasteiger partial charge in [-0.15, -0.1) is 5.10 Å². The molecule has 0 atom stereocenters. The average molecular weight is 152 g/mol. The minimum absolute atomic E-state index is 0.00403. The Bertz CT molecular complexity index is 273. The number of carboxylic acid groups (broad SMARTS) is 1. The monoisotopic (exact) mass is 152 g/mol. The van der Waals surface area contributed by atoms with Crippen LogP contribution in [-0.2, 0) is 6.42 Å². The van der Waals surface area contributed by atoms with Crippen LogP contribution in [-0.4, -0.2) is 21.3 Å². The van der Waals surface area contributed by atoms with Crippen LogP contribution >= 0.6 is 0 Å². The fourth-order valence-electron chi connectivity index (χ4n) is 0.705. The van der Waals surface area contributed by atoms with Gasteiger partial charge in [-0.3, -0.25) is 0 Å². The third kappa shape index (κ3) is 1.73. The van der Waals surface area contributed by atoms with E-state index >= 15 is 0 Å². The van der Waals surface area contributed by atoms with Crippen LogP contribution in [0.4, 0.5) is 0 Å². The highest BCUT2D eigenvalue weighted by Crippen LogP contribution is 1.99. The largest absolute Gasteiger partial charge is 0.476 e. The lowest BCUT2D eigenvalue weighted by Crippen LogP contribution is -2.02. The van der Waals surface area contributed by atoms with E-state index in [1.807, 2.05) is 6.92 Å². The normalized spacial score (nSPS) is 9.55. The lowest BCUT2D eigenvalue weighted by atomic mass is 10.2. The maximum atomic E-state index is 10.4. The summed E-state index contributed by atoms with van der Waals surface area (Å²) in [5, 5.41) is 15.5. The number of aromatic carboxylic acids is 1. The Morgan fingerprint density at radius 1 is 1.73 bits per heavy atom. The van der Waals surface area contributed by atoms with Crippen LogP contribution in [0.5, 0.6) is 0 Å². The van der Waals surface area contributed by atoms with Crippen molar-refractivity contribution in [3.8, 4) is 0 Å². The second kappa shape index (κ2) is 3.09. The van der Waals surface area contributed by atoms with E-state index in [2.05, 4.69) is 10.2 Å². The molecule has 4 heteroatoms. The second-order valence-corrected chi connectivity index (χ2v) is 2.11. The summed E-state index contributed by atoms with van der Waals surface area (Å²) in [6.45, 7) is 1.93. The SMILES string of the molecule is CCc1cnnc(C(=O)O)c1. The number of nitrogens with zero attached hydrogens (tertiary/aromatic N) is 2. The Morgan fingerprint density at radius 2 is 2.45 bits per heavy atom. The van der Waals surface area contributed by atoms with Crippen molar-refractivity contribution in [2.45, 2.75) is 13.3 Å². The summed E-state index contributed by atoms with van der Waals surface area (Å²) in [6.07, 6.45) is 2.34. The fourth-order valence-corrected chi connectivity index (χ4v) is 0.705. The molecule has 1 N–H and O–H groups in total. The summed E-state index contributed by atoms with van der Waals surface area (Å²) in [5.74, 6) is -1.03. The Balaban J connectivity index is 3.01. The van der Waals surface area contributed by atoms with E-state index in [1.54, 1.807) is 6.20 Å². The lowest BCUT2D eigenvalue weighted by Gasteiger charge is -1.94. The van der Waals surface area contributed by atoms with Gasteiger partial charge in [0, 0.05) is 0 Å². The molecular formula is C7H8N2O2. The van der Waals surface area contributed by atoms with E-state index in [9.17, 15) is 4.79 Å². The average Bonchev–Trinajstić information content (AvgIpc) is 2.05. The van der Waals surface area contributed by atoms with Gasteiger partial charge in [-0.25, -0.2) is 4.79 Å². The highest BCUT2D eigenvalue weighted by Gasteiger charge is 2.04. The first-order valence-electron chi connectivity index (χ1n) is 3.29. The van der Waals surface area contributed by atoms with Gasteiger partial charge in [0.25, 0.3) is 0 Å². The van der Waals surface area contributed by atoms with Gasteiger partial charge in [-0.2, -0.15) is 5.10 Å². The van der Waals surface area contributed by atoms with Crippen molar-refractivity contribution < 1.29 is 9.90 Å². The summed E-state index contributed by atoms with van der Waals surface area (Å²) in [7, 11) is 0. The molecule has 0 aliphatic heterocycles. The zero-order valence-corrected chi connectivity index (χ0v) is 6.11. The lowest BCUT2D eigenvalue weighted by molar-refractivity contribution is 0.0689. The van der Waals surface area contributed by atoms with Crippen LogP contribution in [0.2, 0.25) is 0 Å². The van der Waals surface area contributed by atoms with Crippen LogP contribution in [0, 0.1) is 0 Å². The number of carbonyl (C=O) groups is 1. The van der Waals surface area contributed by atoms with E-state index < -0.39 is 5.97 Å². The molecule has 11 heavy (non-hydrogen) atoms. The summed E-state index contributed by atoms with van der Waals surface area (Å²) in [6, 6.07) is 1.52. The fraction of sp³-hybridized carbons (Fsp3) is 0.286. The number of carboxylic acids is 1. The summed E-state index contributed by atoms with van der Waals surface area (Å²) in [5.41, 5.74) is 0.891. The number of aromatic nitrogens is 2. The van der Waals surface area contributed by atoms with E-state index in [1.165, 1.54) is 6.07 Å². The van der Waals surface area contributed by atoms with Gasteiger partial charge < -0.3 is 5.11 Å². The van der Waals surface area contributed by atoms with E-state index in [-0.39, 0.29) is 5.69 Å². The van der Waals surface area contributed by atoms with Gasteiger partial charge >= 0.3 is 5.97 Å². The van der Waals surface area contributed by atoms with Crippen LogP contribution in [0.25, 0.3) is 0 Å². The van der Waals surface area contributed by atoms with Gasteiger partial charge in [0.15, 0.2) is 5.69 Å². The highest BCUT2D eigenvalue weighted by molar-refractivity contribution is 5.85. The van der Waals surface area contributed by atoms with Crippen LogP contribution < -0.4 is 0 Å². The minimum atomic E-state index is -1.03. The third-order valence-corrected chi connectivity index (χ3v) is 1.34. The molecule has 0 saturated heterocycles. The van der Waals surface area contributed by atoms with Gasteiger partial charge in [0.2, 0.25) is 0 Å². The molecule has 1 aromatic heterocycles. The first-order valence-corrected chi connectivity index (χ1v) is 3.29. The van der Waals surface area contributed by atoms with Crippen LogP contribution in [0.15, 0.2) is 12.3 Å². The minimum Gasteiger partial charge on any atom is -0.476 e. The van der Waals surface area contributed by atoms with Gasteiger partial charge in [0.05, 0.1) is 6.20 Å². The molecule has 1 aromatic rings. The topological polar surface area (TPSA) is 63.1 Å². The van der Waals surface area contributed by atoms with E-state index in [4.69, 9.17) is 5.11 Å². The van der Waals surface area contributed by atoms with Gasteiger partial charge in [-0.05, 0) is 18.1 Å². The van der Waals surface area contributed by atoms with Gasteiger partial charge in [-0.1, -0.05) is 6.92 Å². The maximum absolute atomic E-state index is 10.4. The molecule has 0 aliphatic rings. The first kappa shape index (κ1) is 7.65. The zero-order valence-electron chi connectivity index (χ0n) is 6.11. The molecule has 0 bridgehead atoms. The van der Waals surface area contributed by atoms with Crippen molar-refractivity contribution in [1.29, 1.82) is 0 Å². The molecule has 58 valence electrons. The molecule has 0 saturated carbocycles. The molecule has 0 radical (unpaired) electrons. The van der Waals surface area contributed by atoms with Gasteiger partial charge in [0.1, 0.15) is 0 Å². The van der Waals surface area contributed by atoms with E-state index in [0.29, 0.717) is 0 Å². The maximum Gasteiger partial charge on any atom is 0.356 e. The molecule has 1 rings (SSSR count). The summed E-state index contributed by atoms with van der Waals surface area (Å²) < 4.78 is 0. The molecular weight excluding hydrogens is 144 g/mol. The van der Waals surface area contributed by atoms with Crippen molar-refractivity contribution in [2.75, 3.05) is 0 Å². The van der Waals surface area contributed by atoms with Crippen molar-refractivity contribution in [3.63, 3.8) is 0 Å². The molecule has 0 aliphatic carbocycles. The third-order valence-electron chi connectivity index (χ3n) is 1.34. The molecule has 0 spiro atoms. The summed E-state index contributed by atoms with van der Waals surface area (Å²) in [4.78, 5) is 10.4. The molecule has 0 aromatic carbocycles. The Morgan fingerprint density at radius 3 is 3.00 bits per heavy atom. The van der Waals surface area contributed by atoms with Crippen LogP contribution in [0.1, 0.15) is 23.0 Å². The van der Waals surface area contributed by atoms with Crippen molar-refractivity contribution in [2.24, 2.45) is 0 Å². The quantitative estimate of drug-likeness (QED) is 0.678. The Hall–Kier alpha value is -1.45. The number of hydrogen-bond acceptors (Lipinski definition) is 3. The predicted molar refractivity (Wildman–Crippen MR) is 38.4 cm³/mol. The molecule has 0 fully saturated rings. The van der Waals surface area contributed by atoms with Crippen LogP contribution in [0.3, 0.4) is 0 Å². The smallest absolute Gasteiger partial charge is 0.356 e. The predicted octanol–water partition coefficient (Wildman–Crippen LogP) is 0.737. The standard InChI is InChI=1S/C7H8N2O2/c1-2-5-3-6(7(10)11)9-8-4-5/h3-4H,2H2,1H3,(H,10,11). The number of hydrogen-bond donors (Lipinski definition) is 1. The molecule has 4 nitrogen and oxygen atoms in total. The Labute approximate surface area is 63.9 Å². The zero-order chi connectivity index (χ0) is 8.27. The molecule has 0 unspecified atom stereocenters. The summed E-state index contributed by atoms with van der Waals surface area (Å²) >= 11 is 0. The Kier molecular flexibility index (Phi) is 2.15. The number of rotatable bonds is 2. The highest BCUT2D eigenvalue weighted by atomic mass is 16.4. The van der Waals surface area contributed by atoms with Crippen molar-refractivity contribution in [3.05, 3.63) is 23.5 Å². The first-order chi connectivity index (χ1) is 5.24. The molecule has 0 amide bonds. The number of aryl methyl sites for hydroxylation is 1. The second-order valence-electron chi connectivity index (χ2n) is 2.11. The van der Waals surface area contributed by atoms with Crippen molar-refractivity contribution >= 4 is 5.97 Å².